The van der Waals surface area contributed by atoms with Crippen molar-refractivity contribution in [2.24, 2.45) is 11.0 Å². The van der Waals surface area contributed by atoms with E-state index in [1.165, 1.54) is 6.92 Å². The number of nitrogens with one attached hydrogen (secondary N) is 4. The second-order valence-corrected chi connectivity index (χ2v) is 7.05. The van der Waals surface area contributed by atoms with Crippen molar-refractivity contribution in [3.05, 3.63) is 32.1 Å². The average molecular weight is 367 g/mol. The number of aromatic nitrogens is 2. The molecule has 4 N–H and O–H groups in total. The highest BCUT2D eigenvalue weighted by atomic mass is 16.6. The number of alkyl carbamates (subject to hydrolysis) is 1. The molecule has 1 atom stereocenters. The van der Waals surface area contributed by atoms with E-state index in [1.807, 2.05) is 0 Å². The van der Waals surface area contributed by atoms with E-state index in [0.717, 1.165) is 6.21 Å². The smallest absolute Gasteiger partial charge is 0.408 e. The molecule has 26 heavy (non-hydrogen) atoms. The number of amides is 2. The molecule has 0 saturated carbocycles. The Kier molecular flexibility index (Phi) is 6.87. The summed E-state index contributed by atoms with van der Waals surface area (Å²) in [6.45, 7) is 10.2. The van der Waals surface area contributed by atoms with E-state index in [0.29, 0.717) is 5.69 Å². The summed E-state index contributed by atoms with van der Waals surface area (Å²) >= 11 is 0. The van der Waals surface area contributed by atoms with Crippen molar-refractivity contribution in [1.82, 2.24) is 20.7 Å². The molecular weight excluding hydrogens is 342 g/mol. The minimum Gasteiger partial charge on any atom is -0.444 e. The number of hydrogen-bond acceptors (Lipinski definition) is 6. The van der Waals surface area contributed by atoms with Gasteiger partial charge in [0.1, 0.15) is 11.6 Å². The molecule has 0 saturated heterocycles. The van der Waals surface area contributed by atoms with Gasteiger partial charge in [0.25, 0.3) is 11.5 Å². The summed E-state index contributed by atoms with van der Waals surface area (Å²) in [4.78, 5) is 51.4. The van der Waals surface area contributed by atoms with Crippen molar-refractivity contribution in [3.8, 4) is 0 Å². The molecule has 1 aromatic heterocycles. The zero-order valence-corrected chi connectivity index (χ0v) is 15.7. The summed E-state index contributed by atoms with van der Waals surface area (Å²) < 4.78 is 5.14. The maximum Gasteiger partial charge on any atom is 0.408 e. The molecule has 0 radical (unpaired) electrons. The van der Waals surface area contributed by atoms with Gasteiger partial charge < -0.3 is 15.0 Å². The van der Waals surface area contributed by atoms with Gasteiger partial charge in [0.05, 0.1) is 11.8 Å². The molecule has 1 heterocycles. The van der Waals surface area contributed by atoms with Crippen LogP contribution in [0.15, 0.2) is 14.7 Å². The first-order chi connectivity index (χ1) is 11.9. The standard InChI is InChI=1S/C16H25N5O5/c1-8(2)11(19-15(25)26-16(4,5)6)13(23)21-17-7-10-9(3)18-14(24)20-12(10)22/h7-8,11H,1-6H3,(H,19,25)(H,21,23)(H2,18,20,22,24)/b17-7+/t11-/m0/s1. The van der Waals surface area contributed by atoms with Crippen LogP contribution in [0.4, 0.5) is 4.79 Å². The summed E-state index contributed by atoms with van der Waals surface area (Å²) in [6, 6.07) is -0.878. The maximum atomic E-state index is 12.3. The number of hydrazone groups is 1. The monoisotopic (exact) mass is 367 g/mol. The second-order valence-electron chi connectivity index (χ2n) is 7.05. The number of H-pyrrole nitrogens is 2. The predicted molar refractivity (Wildman–Crippen MR) is 96.2 cm³/mol. The number of carbonyl (C=O) groups excluding carboxylic acids is 2. The highest BCUT2D eigenvalue weighted by Crippen LogP contribution is 2.08. The summed E-state index contributed by atoms with van der Waals surface area (Å²) in [5.41, 5.74) is 0.728. The summed E-state index contributed by atoms with van der Waals surface area (Å²) in [5, 5.41) is 6.21. The van der Waals surface area contributed by atoms with Crippen LogP contribution in [0, 0.1) is 12.8 Å². The van der Waals surface area contributed by atoms with Gasteiger partial charge in [-0.25, -0.2) is 15.0 Å². The van der Waals surface area contributed by atoms with Gasteiger partial charge in [0, 0.05) is 5.69 Å². The molecule has 10 nitrogen and oxygen atoms in total. The SMILES string of the molecule is Cc1[nH]c(=O)[nH]c(=O)c1/C=N/NC(=O)[C@@H](NC(=O)OC(C)(C)C)C(C)C. The number of rotatable bonds is 5. The molecule has 0 aliphatic carbocycles. The van der Waals surface area contributed by atoms with Gasteiger partial charge in [-0.1, -0.05) is 13.8 Å². The largest absolute Gasteiger partial charge is 0.444 e. The molecule has 0 unspecified atom stereocenters. The molecule has 0 aliphatic heterocycles. The van der Waals surface area contributed by atoms with Gasteiger partial charge >= 0.3 is 11.8 Å². The van der Waals surface area contributed by atoms with Crippen molar-refractivity contribution < 1.29 is 14.3 Å². The van der Waals surface area contributed by atoms with Crippen LogP contribution in [0.2, 0.25) is 0 Å². The first-order valence-corrected chi connectivity index (χ1v) is 8.06. The fraction of sp³-hybridized carbons (Fsp3) is 0.562. The van der Waals surface area contributed by atoms with Gasteiger partial charge in [-0.2, -0.15) is 5.10 Å². The number of nitrogens with zero attached hydrogens (tertiary/aromatic N) is 1. The van der Waals surface area contributed by atoms with Gasteiger partial charge in [-0.3, -0.25) is 14.6 Å². The molecule has 0 fully saturated rings. The maximum absolute atomic E-state index is 12.3. The lowest BCUT2D eigenvalue weighted by Gasteiger charge is -2.24. The lowest BCUT2D eigenvalue weighted by atomic mass is 10.0. The lowest BCUT2D eigenvalue weighted by Crippen LogP contribution is -2.49. The molecule has 1 rings (SSSR count). The van der Waals surface area contributed by atoms with Crippen LogP contribution in [-0.2, 0) is 9.53 Å². The van der Waals surface area contributed by atoms with Crippen LogP contribution in [0.1, 0.15) is 45.9 Å². The number of ether oxygens (including phenoxy) is 1. The van der Waals surface area contributed by atoms with Crippen LogP contribution in [0.25, 0.3) is 0 Å². The minimum absolute atomic E-state index is 0.103. The second kappa shape index (κ2) is 8.45. The van der Waals surface area contributed by atoms with Crippen molar-refractivity contribution in [3.63, 3.8) is 0 Å². The molecule has 1 aromatic rings. The van der Waals surface area contributed by atoms with Crippen LogP contribution in [0.5, 0.6) is 0 Å². The minimum atomic E-state index is -0.878. The zero-order valence-electron chi connectivity index (χ0n) is 15.7. The Hall–Kier alpha value is -2.91. The van der Waals surface area contributed by atoms with Gasteiger partial charge in [0.2, 0.25) is 0 Å². The third-order valence-electron chi connectivity index (χ3n) is 3.17. The van der Waals surface area contributed by atoms with Gasteiger partial charge in [-0.15, -0.1) is 0 Å². The summed E-state index contributed by atoms with van der Waals surface area (Å²) in [7, 11) is 0. The van der Waals surface area contributed by atoms with Crippen molar-refractivity contribution in [2.45, 2.75) is 53.2 Å². The molecule has 0 spiro atoms. The van der Waals surface area contributed by atoms with E-state index >= 15 is 0 Å². The highest BCUT2D eigenvalue weighted by Gasteiger charge is 2.26. The Morgan fingerprint density at radius 3 is 2.31 bits per heavy atom. The number of hydrogen-bond donors (Lipinski definition) is 4. The Bertz CT molecular complexity index is 800. The Labute approximate surface area is 150 Å². The van der Waals surface area contributed by atoms with Crippen LogP contribution >= 0.6 is 0 Å². The first kappa shape index (κ1) is 21.1. The Balaban J connectivity index is 2.81. The van der Waals surface area contributed by atoms with Crippen molar-refractivity contribution in [2.75, 3.05) is 0 Å². The van der Waals surface area contributed by atoms with E-state index < -0.39 is 34.9 Å². The fourth-order valence-corrected chi connectivity index (χ4v) is 1.96. The molecule has 144 valence electrons. The van der Waals surface area contributed by atoms with E-state index in [9.17, 15) is 19.2 Å². The van der Waals surface area contributed by atoms with E-state index in [4.69, 9.17) is 4.74 Å². The molecule has 0 aliphatic rings. The lowest BCUT2D eigenvalue weighted by molar-refractivity contribution is -0.124. The molecule has 10 heteroatoms. The van der Waals surface area contributed by atoms with Crippen molar-refractivity contribution in [1.29, 1.82) is 0 Å². The highest BCUT2D eigenvalue weighted by molar-refractivity contribution is 5.87. The zero-order chi connectivity index (χ0) is 20.1. The third-order valence-corrected chi connectivity index (χ3v) is 3.17. The van der Waals surface area contributed by atoms with E-state index in [2.05, 4.69) is 25.8 Å². The topological polar surface area (TPSA) is 146 Å². The third kappa shape index (κ3) is 6.54. The molecule has 0 aromatic carbocycles. The quantitative estimate of drug-likeness (QED) is 0.439. The number of aromatic amines is 2. The van der Waals surface area contributed by atoms with Crippen LogP contribution < -0.4 is 22.0 Å². The Morgan fingerprint density at radius 1 is 1.19 bits per heavy atom. The fourth-order valence-electron chi connectivity index (χ4n) is 1.96. The summed E-state index contributed by atoms with van der Waals surface area (Å²) in [6.07, 6.45) is 0.399. The van der Waals surface area contributed by atoms with Crippen LogP contribution in [-0.4, -0.2) is 39.8 Å². The predicted octanol–water partition coefficient (Wildman–Crippen LogP) is 0.371. The number of carbonyl (C=O) groups is 2. The van der Waals surface area contributed by atoms with E-state index in [1.54, 1.807) is 34.6 Å². The summed E-state index contributed by atoms with van der Waals surface area (Å²) in [5.74, 6) is -0.795. The molecule has 0 bridgehead atoms. The number of aryl methyl sites for hydroxylation is 1. The van der Waals surface area contributed by atoms with Crippen LogP contribution in [0.3, 0.4) is 0 Å². The first-order valence-electron chi connectivity index (χ1n) is 8.06. The average Bonchev–Trinajstić information content (AvgIpc) is 2.45. The Morgan fingerprint density at radius 2 is 1.81 bits per heavy atom. The van der Waals surface area contributed by atoms with Gasteiger partial charge in [0.15, 0.2) is 0 Å². The van der Waals surface area contributed by atoms with E-state index in [-0.39, 0.29) is 11.5 Å². The normalized spacial score (nSPS) is 12.9. The molecular formula is C16H25N5O5. The van der Waals surface area contributed by atoms with Gasteiger partial charge in [-0.05, 0) is 33.6 Å². The van der Waals surface area contributed by atoms with Crippen molar-refractivity contribution >= 4 is 18.2 Å². The molecule has 2 amide bonds.